The number of amides is 1. The molecule has 0 atom stereocenters. The maximum absolute atomic E-state index is 13.5. The second-order valence-electron chi connectivity index (χ2n) is 5.36. The van der Waals surface area contributed by atoms with E-state index in [0.717, 1.165) is 25.7 Å². The molecule has 2 nitrogen and oxygen atoms in total. The van der Waals surface area contributed by atoms with Crippen molar-refractivity contribution in [3.63, 3.8) is 0 Å². The van der Waals surface area contributed by atoms with Crippen LogP contribution in [0.2, 0.25) is 0 Å². The summed E-state index contributed by atoms with van der Waals surface area (Å²) in [5.74, 6) is -0.290. The third-order valence-electron chi connectivity index (χ3n) is 3.94. The lowest BCUT2D eigenvalue weighted by atomic mass is 9.75. The van der Waals surface area contributed by atoms with Gasteiger partial charge in [0.15, 0.2) is 0 Å². The molecule has 1 aliphatic carbocycles. The molecule has 19 heavy (non-hydrogen) atoms. The Labute approximate surface area is 118 Å². The molecule has 0 heterocycles. The van der Waals surface area contributed by atoms with Crippen molar-refractivity contribution in [2.75, 3.05) is 12.4 Å². The molecule has 0 aromatic heterocycles. The van der Waals surface area contributed by atoms with Gasteiger partial charge in [-0.25, -0.2) is 4.39 Å². The second-order valence-corrected chi connectivity index (χ2v) is 5.62. The smallest absolute Gasteiger partial charge is 0.254 e. The maximum atomic E-state index is 13.5. The monoisotopic (exact) mass is 283 g/mol. The zero-order valence-corrected chi connectivity index (χ0v) is 11.7. The van der Waals surface area contributed by atoms with E-state index < -0.39 is 5.82 Å². The van der Waals surface area contributed by atoms with E-state index in [2.05, 4.69) is 5.32 Å². The first-order chi connectivity index (χ1) is 9.17. The fraction of sp³-hybridized carbons (Fsp3) is 0.533. The number of benzene rings is 1. The van der Waals surface area contributed by atoms with E-state index in [0.29, 0.717) is 12.4 Å². The van der Waals surface area contributed by atoms with Crippen molar-refractivity contribution in [1.82, 2.24) is 5.32 Å². The summed E-state index contributed by atoms with van der Waals surface area (Å²) in [7, 11) is 0. The third kappa shape index (κ3) is 3.47. The van der Waals surface area contributed by atoms with Crippen LogP contribution in [0.25, 0.3) is 0 Å². The molecule has 1 saturated carbocycles. The lowest BCUT2D eigenvalue weighted by molar-refractivity contribution is 0.0917. The van der Waals surface area contributed by atoms with Gasteiger partial charge in [-0.05, 0) is 25.0 Å². The Balaban J connectivity index is 1.98. The molecule has 4 heteroatoms. The molecular formula is C15H19ClFNO. The van der Waals surface area contributed by atoms with E-state index in [-0.39, 0.29) is 16.9 Å². The van der Waals surface area contributed by atoms with Gasteiger partial charge in [0.05, 0.1) is 5.56 Å². The Morgan fingerprint density at radius 2 is 1.95 bits per heavy atom. The number of halogens is 2. The molecule has 1 fully saturated rings. The van der Waals surface area contributed by atoms with Crippen LogP contribution in [0.4, 0.5) is 4.39 Å². The van der Waals surface area contributed by atoms with Gasteiger partial charge in [0.25, 0.3) is 5.91 Å². The molecule has 0 saturated heterocycles. The van der Waals surface area contributed by atoms with Gasteiger partial charge in [-0.1, -0.05) is 31.4 Å². The minimum atomic E-state index is -0.483. The van der Waals surface area contributed by atoms with Gasteiger partial charge in [0.1, 0.15) is 5.82 Å². The predicted molar refractivity (Wildman–Crippen MR) is 75.0 cm³/mol. The predicted octanol–water partition coefficient (Wildman–Crippen LogP) is 3.74. The highest BCUT2D eigenvalue weighted by molar-refractivity contribution is 6.18. The minimum absolute atomic E-state index is 0.0132. The van der Waals surface area contributed by atoms with Crippen molar-refractivity contribution in [2.45, 2.75) is 32.1 Å². The Morgan fingerprint density at radius 3 is 2.58 bits per heavy atom. The first kappa shape index (κ1) is 14.3. The summed E-state index contributed by atoms with van der Waals surface area (Å²) < 4.78 is 13.5. The Kier molecular flexibility index (Phi) is 4.81. The minimum Gasteiger partial charge on any atom is -0.351 e. The van der Waals surface area contributed by atoms with Gasteiger partial charge in [0.2, 0.25) is 0 Å². The highest BCUT2D eigenvalue weighted by Crippen LogP contribution is 2.36. The van der Waals surface area contributed by atoms with Gasteiger partial charge >= 0.3 is 0 Å². The van der Waals surface area contributed by atoms with Crippen LogP contribution in [0.1, 0.15) is 42.5 Å². The van der Waals surface area contributed by atoms with Crippen molar-refractivity contribution >= 4 is 17.5 Å². The molecule has 104 valence electrons. The Hall–Kier alpha value is -1.09. The largest absolute Gasteiger partial charge is 0.351 e. The fourth-order valence-electron chi connectivity index (χ4n) is 2.67. The maximum Gasteiger partial charge on any atom is 0.254 e. The highest BCUT2D eigenvalue weighted by atomic mass is 35.5. The summed E-state index contributed by atoms with van der Waals surface area (Å²) in [5.41, 5.74) is 0.0869. The number of carbonyl (C=O) groups excluding carboxylic acids is 1. The lowest BCUT2D eigenvalue weighted by Gasteiger charge is -2.35. The standard InChI is InChI=1S/C15H19ClFNO/c16-10-15(8-4-1-5-9-15)11-18-14(19)12-6-2-3-7-13(12)17/h2-3,6-7H,1,4-5,8-11H2,(H,18,19). The summed E-state index contributed by atoms with van der Waals surface area (Å²) in [6, 6.07) is 6.04. The molecular weight excluding hydrogens is 265 g/mol. The van der Waals surface area contributed by atoms with Crippen molar-refractivity contribution < 1.29 is 9.18 Å². The van der Waals surface area contributed by atoms with E-state index >= 15 is 0 Å². The number of hydrogen-bond acceptors (Lipinski definition) is 1. The van der Waals surface area contributed by atoms with Crippen LogP contribution in [0.5, 0.6) is 0 Å². The molecule has 1 amide bonds. The van der Waals surface area contributed by atoms with Crippen molar-refractivity contribution in [3.05, 3.63) is 35.6 Å². The number of rotatable bonds is 4. The Bertz CT molecular complexity index is 444. The van der Waals surface area contributed by atoms with Gasteiger partial charge in [0, 0.05) is 17.8 Å². The van der Waals surface area contributed by atoms with Gasteiger partial charge in [-0.2, -0.15) is 0 Å². The number of alkyl halides is 1. The Morgan fingerprint density at radius 1 is 1.26 bits per heavy atom. The van der Waals surface area contributed by atoms with Crippen LogP contribution in [0, 0.1) is 11.2 Å². The number of hydrogen-bond donors (Lipinski definition) is 1. The summed E-state index contributed by atoms with van der Waals surface area (Å²) >= 11 is 6.07. The summed E-state index contributed by atoms with van der Waals surface area (Å²) in [4.78, 5) is 12.0. The van der Waals surface area contributed by atoms with Crippen molar-refractivity contribution in [2.24, 2.45) is 5.41 Å². The van der Waals surface area contributed by atoms with E-state index in [4.69, 9.17) is 11.6 Å². The van der Waals surface area contributed by atoms with Crippen LogP contribution < -0.4 is 5.32 Å². The van der Waals surface area contributed by atoms with Crippen LogP contribution >= 0.6 is 11.6 Å². The molecule has 1 aliphatic rings. The average Bonchev–Trinajstić information content (AvgIpc) is 2.46. The molecule has 2 rings (SSSR count). The average molecular weight is 284 g/mol. The van der Waals surface area contributed by atoms with E-state index in [1.54, 1.807) is 12.1 Å². The third-order valence-corrected chi connectivity index (χ3v) is 4.51. The number of nitrogens with one attached hydrogen (secondary N) is 1. The normalized spacial score (nSPS) is 18.0. The van der Waals surface area contributed by atoms with Gasteiger partial charge < -0.3 is 5.32 Å². The van der Waals surface area contributed by atoms with Crippen LogP contribution in [0.3, 0.4) is 0 Å². The second kappa shape index (κ2) is 6.38. The van der Waals surface area contributed by atoms with Gasteiger partial charge in [-0.15, -0.1) is 11.6 Å². The molecule has 0 aliphatic heterocycles. The zero-order valence-electron chi connectivity index (χ0n) is 10.9. The van der Waals surface area contributed by atoms with E-state index in [1.807, 2.05) is 0 Å². The van der Waals surface area contributed by atoms with Crippen LogP contribution in [-0.2, 0) is 0 Å². The molecule has 1 N–H and O–H groups in total. The lowest BCUT2D eigenvalue weighted by Crippen LogP contribution is -2.40. The molecule has 0 unspecified atom stereocenters. The van der Waals surface area contributed by atoms with Gasteiger partial charge in [-0.3, -0.25) is 4.79 Å². The SMILES string of the molecule is O=C(NCC1(CCl)CCCCC1)c1ccccc1F. The zero-order chi connectivity index (χ0) is 13.7. The quantitative estimate of drug-likeness (QED) is 0.838. The molecule has 0 spiro atoms. The number of carbonyl (C=O) groups is 1. The molecule has 0 radical (unpaired) electrons. The summed E-state index contributed by atoms with van der Waals surface area (Å²) in [5, 5.41) is 2.84. The topological polar surface area (TPSA) is 29.1 Å². The first-order valence-corrected chi connectivity index (χ1v) is 7.29. The molecule has 0 bridgehead atoms. The fourth-order valence-corrected chi connectivity index (χ4v) is 3.03. The summed E-state index contributed by atoms with van der Waals surface area (Å²) in [6.07, 6.45) is 5.62. The van der Waals surface area contributed by atoms with E-state index in [9.17, 15) is 9.18 Å². The molecule has 1 aromatic carbocycles. The van der Waals surface area contributed by atoms with Crippen LogP contribution in [0.15, 0.2) is 24.3 Å². The highest BCUT2D eigenvalue weighted by Gasteiger charge is 2.31. The first-order valence-electron chi connectivity index (χ1n) is 6.76. The van der Waals surface area contributed by atoms with E-state index in [1.165, 1.54) is 18.6 Å². The van der Waals surface area contributed by atoms with Crippen molar-refractivity contribution in [1.29, 1.82) is 0 Å². The summed E-state index contributed by atoms with van der Waals surface area (Å²) in [6.45, 7) is 0.531. The van der Waals surface area contributed by atoms with Crippen molar-refractivity contribution in [3.8, 4) is 0 Å². The molecule has 1 aromatic rings. The van der Waals surface area contributed by atoms with Crippen LogP contribution in [-0.4, -0.2) is 18.3 Å².